The number of carboxylic acid groups (broad SMARTS) is 1. The third-order valence-corrected chi connectivity index (χ3v) is 3.49. The van der Waals surface area contributed by atoms with Crippen LogP contribution in [-0.2, 0) is 4.79 Å². The lowest BCUT2D eigenvalue weighted by atomic mass is 10.3. The van der Waals surface area contributed by atoms with E-state index in [4.69, 9.17) is 27.6 Å². The van der Waals surface area contributed by atoms with E-state index in [0.29, 0.717) is 4.90 Å². The Morgan fingerprint density at radius 1 is 1.65 bits per heavy atom. The fourth-order valence-corrected chi connectivity index (χ4v) is 2.18. The molecule has 0 amide bonds. The number of hydrogen-bond donors (Lipinski definition) is 3. The SMILES string of the molecule is NC(CSc1ccc(N([O-])O)cc1Cl)C(=O)O. The molecular weight excluding hydrogens is 268 g/mol. The zero-order valence-corrected chi connectivity index (χ0v) is 10.1. The number of carbonyl (C=O) groups is 1. The average molecular weight is 278 g/mol. The Bertz CT molecular complexity index is 416. The molecule has 1 rings (SSSR count). The summed E-state index contributed by atoms with van der Waals surface area (Å²) in [6, 6.07) is 3.18. The Morgan fingerprint density at radius 3 is 2.76 bits per heavy atom. The number of aliphatic carboxylic acids is 1. The molecule has 0 fully saturated rings. The quantitative estimate of drug-likeness (QED) is 0.553. The molecule has 1 unspecified atom stereocenters. The first kappa shape index (κ1) is 14.1. The summed E-state index contributed by atoms with van der Waals surface area (Å²) in [5.74, 6) is -0.930. The predicted octanol–water partition coefficient (Wildman–Crippen LogP) is 1.54. The maximum atomic E-state index is 10.6. The predicted molar refractivity (Wildman–Crippen MR) is 65.4 cm³/mol. The third kappa shape index (κ3) is 4.06. The minimum absolute atomic E-state index is 0.00174. The van der Waals surface area contributed by atoms with Gasteiger partial charge in [-0.25, -0.2) is 0 Å². The summed E-state index contributed by atoms with van der Waals surface area (Å²) in [5, 5.41) is 27.8. The molecule has 0 saturated carbocycles. The molecule has 1 atom stereocenters. The van der Waals surface area contributed by atoms with Gasteiger partial charge in [-0.05, 0) is 18.2 Å². The van der Waals surface area contributed by atoms with Gasteiger partial charge in [0.25, 0.3) is 0 Å². The number of rotatable bonds is 5. The number of anilines is 1. The second kappa shape index (κ2) is 6.08. The fourth-order valence-electron chi connectivity index (χ4n) is 0.977. The van der Waals surface area contributed by atoms with Crippen LogP contribution in [0.1, 0.15) is 0 Å². The Hall–Kier alpha value is -0.990. The van der Waals surface area contributed by atoms with E-state index in [1.807, 2.05) is 0 Å². The van der Waals surface area contributed by atoms with Crippen LogP contribution in [-0.4, -0.2) is 28.1 Å². The summed E-state index contributed by atoms with van der Waals surface area (Å²) in [7, 11) is 0. The number of benzene rings is 1. The van der Waals surface area contributed by atoms with Crippen LogP contribution in [0.4, 0.5) is 5.69 Å². The van der Waals surface area contributed by atoms with Crippen molar-refractivity contribution in [1.29, 1.82) is 0 Å². The van der Waals surface area contributed by atoms with E-state index in [0.717, 1.165) is 11.8 Å². The van der Waals surface area contributed by atoms with Crippen LogP contribution in [0.3, 0.4) is 0 Å². The van der Waals surface area contributed by atoms with E-state index < -0.39 is 12.0 Å². The van der Waals surface area contributed by atoms with Gasteiger partial charge < -0.3 is 21.3 Å². The molecule has 4 N–H and O–H groups in total. The molecule has 0 aliphatic heterocycles. The Kier molecular flexibility index (Phi) is 5.03. The maximum Gasteiger partial charge on any atom is 0.321 e. The molecule has 0 aliphatic carbocycles. The van der Waals surface area contributed by atoms with Gasteiger partial charge >= 0.3 is 5.97 Å². The van der Waals surface area contributed by atoms with Gasteiger partial charge in [-0.2, -0.15) is 0 Å². The van der Waals surface area contributed by atoms with Crippen LogP contribution in [0, 0.1) is 5.21 Å². The summed E-state index contributed by atoms with van der Waals surface area (Å²) in [6.45, 7) is 0. The zero-order valence-electron chi connectivity index (χ0n) is 8.54. The third-order valence-electron chi connectivity index (χ3n) is 1.87. The van der Waals surface area contributed by atoms with Crippen molar-refractivity contribution < 1.29 is 15.1 Å². The van der Waals surface area contributed by atoms with Crippen LogP contribution in [0.5, 0.6) is 0 Å². The van der Waals surface area contributed by atoms with Gasteiger partial charge in [0.1, 0.15) is 6.04 Å². The van der Waals surface area contributed by atoms with E-state index in [-0.39, 0.29) is 21.7 Å². The van der Waals surface area contributed by atoms with Gasteiger partial charge in [-0.15, -0.1) is 11.8 Å². The van der Waals surface area contributed by atoms with Crippen LogP contribution >= 0.6 is 23.4 Å². The summed E-state index contributed by atoms with van der Waals surface area (Å²) < 4.78 is 0. The molecule has 6 nitrogen and oxygen atoms in total. The second-order valence-electron chi connectivity index (χ2n) is 3.14. The minimum Gasteiger partial charge on any atom is -0.733 e. The average Bonchev–Trinajstić information content (AvgIpc) is 2.26. The van der Waals surface area contributed by atoms with E-state index in [1.54, 1.807) is 0 Å². The highest BCUT2D eigenvalue weighted by molar-refractivity contribution is 7.99. The molecule has 8 heteroatoms. The van der Waals surface area contributed by atoms with E-state index in [2.05, 4.69) is 0 Å². The van der Waals surface area contributed by atoms with Crippen molar-refractivity contribution in [2.45, 2.75) is 10.9 Å². The summed E-state index contributed by atoms with van der Waals surface area (Å²) in [5.41, 5.74) is 5.33. The smallest absolute Gasteiger partial charge is 0.321 e. The molecule has 94 valence electrons. The Morgan fingerprint density at radius 2 is 2.29 bits per heavy atom. The van der Waals surface area contributed by atoms with E-state index >= 15 is 0 Å². The molecule has 0 heterocycles. The topological polar surface area (TPSA) is 110 Å². The van der Waals surface area contributed by atoms with E-state index in [9.17, 15) is 10.0 Å². The van der Waals surface area contributed by atoms with Crippen molar-refractivity contribution in [2.75, 3.05) is 11.0 Å². The second-order valence-corrected chi connectivity index (χ2v) is 4.61. The summed E-state index contributed by atoms with van der Waals surface area (Å²) in [4.78, 5) is 11.1. The molecule has 1 aromatic carbocycles. The number of nitrogens with two attached hydrogens (primary N) is 1. The monoisotopic (exact) mass is 277 g/mol. The van der Waals surface area contributed by atoms with Gasteiger partial charge in [0, 0.05) is 10.6 Å². The first-order valence-electron chi connectivity index (χ1n) is 4.48. The van der Waals surface area contributed by atoms with Crippen molar-refractivity contribution in [2.24, 2.45) is 5.73 Å². The van der Waals surface area contributed by atoms with Crippen molar-refractivity contribution in [3.05, 3.63) is 28.4 Å². The van der Waals surface area contributed by atoms with E-state index in [1.165, 1.54) is 18.2 Å². The van der Waals surface area contributed by atoms with Gasteiger partial charge in [0.2, 0.25) is 0 Å². The molecule has 0 radical (unpaired) electrons. The number of thioether (sulfide) groups is 1. The van der Waals surface area contributed by atoms with Crippen molar-refractivity contribution in [3.63, 3.8) is 0 Å². The zero-order chi connectivity index (χ0) is 13.0. The fraction of sp³-hybridized carbons (Fsp3) is 0.222. The lowest BCUT2D eigenvalue weighted by molar-refractivity contribution is -0.137. The molecule has 1 aromatic rings. The highest BCUT2D eigenvalue weighted by Crippen LogP contribution is 2.30. The molecule has 0 aromatic heterocycles. The van der Waals surface area contributed by atoms with Crippen molar-refractivity contribution in [1.82, 2.24) is 0 Å². The normalized spacial score (nSPS) is 12.2. The lowest BCUT2D eigenvalue weighted by Gasteiger charge is -2.22. The van der Waals surface area contributed by atoms with Crippen LogP contribution in [0.25, 0.3) is 0 Å². The molecular formula is C9H10ClN2O4S-. The minimum atomic E-state index is -1.09. The van der Waals surface area contributed by atoms with Crippen LogP contribution < -0.4 is 11.0 Å². The lowest BCUT2D eigenvalue weighted by Crippen LogP contribution is -2.32. The van der Waals surface area contributed by atoms with Gasteiger partial charge in [0.05, 0.1) is 10.7 Å². The standard InChI is InChI=1S/C9H10ClN2O4S/c10-6-3-5(12(15)16)1-2-8(6)17-4-7(11)9(13)14/h1-3,7,15H,4,11H2,(H,13,14)/q-1. The van der Waals surface area contributed by atoms with Crippen molar-refractivity contribution >= 4 is 35.0 Å². The first-order chi connectivity index (χ1) is 7.91. The molecule has 0 spiro atoms. The Labute approximate surface area is 107 Å². The maximum absolute atomic E-state index is 10.6. The molecule has 0 aliphatic rings. The highest BCUT2D eigenvalue weighted by Gasteiger charge is 2.12. The molecule has 17 heavy (non-hydrogen) atoms. The van der Waals surface area contributed by atoms with Crippen LogP contribution in [0.2, 0.25) is 5.02 Å². The van der Waals surface area contributed by atoms with Crippen molar-refractivity contribution in [3.8, 4) is 0 Å². The Balaban J connectivity index is 2.70. The number of halogens is 1. The number of nitrogens with zero attached hydrogens (tertiary/aromatic N) is 1. The van der Waals surface area contributed by atoms with Gasteiger partial charge in [-0.1, -0.05) is 11.6 Å². The molecule has 0 bridgehead atoms. The summed E-state index contributed by atoms with van der Waals surface area (Å²) in [6.07, 6.45) is 0. The van der Waals surface area contributed by atoms with Gasteiger partial charge in [-0.3, -0.25) is 10.0 Å². The first-order valence-corrected chi connectivity index (χ1v) is 5.85. The van der Waals surface area contributed by atoms with Gasteiger partial charge in [0.15, 0.2) is 0 Å². The largest absolute Gasteiger partial charge is 0.733 e. The number of carboxylic acids is 1. The molecule has 0 saturated heterocycles. The summed E-state index contributed by atoms with van der Waals surface area (Å²) >= 11 is 7.01. The highest BCUT2D eigenvalue weighted by atomic mass is 35.5. The van der Waals surface area contributed by atoms with Crippen LogP contribution in [0.15, 0.2) is 23.1 Å². The number of hydrogen-bond acceptors (Lipinski definition) is 6.